The Balaban J connectivity index is 4.12. The number of aliphatic carboxylic acids is 1. The van der Waals surface area contributed by atoms with Crippen LogP contribution in [0, 0.1) is 0 Å². The molecule has 0 rings (SSSR count). The Hall–Kier alpha value is -1.14. The first-order valence-electron chi connectivity index (χ1n) is 5.51. The molecule has 0 aliphatic heterocycles. The lowest BCUT2D eigenvalue weighted by atomic mass is 10.1. The van der Waals surface area contributed by atoms with Gasteiger partial charge >= 0.3 is 5.97 Å². The van der Waals surface area contributed by atoms with Crippen LogP contribution in [0.1, 0.15) is 32.6 Å². The molecule has 2 atom stereocenters. The fourth-order valence-electron chi connectivity index (χ4n) is 1.21. The van der Waals surface area contributed by atoms with E-state index in [1.54, 1.807) is 6.92 Å². The molecule has 94 valence electrons. The minimum atomic E-state index is -1.03. The molecule has 6 heteroatoms. The van der Waals surface area contributed by atoms with Crippen molar-refractivity contribution >= 4 is 11.9 Å². The van der Waals surface area contributed by atoms with Gasteiger partial charge in [-0.15, -0.1) is 0 Å². The number of carboxylic acid groups (broad SMARTS) is 1. The fourth-order valence-corrected chi connectivity index (χ4v) is 1.21. The van der Waals surface area contributed by atoms with Crippen molar-refractivity contribution in [3.8, 4) is 0 Å². The average Bonchev–Trinajstić information content (AvgIpc) is 2.26. The molecule has 0 aliphatic rings. The van der Waals surface area contributed by atoms with Crippen molar-refractivity contribution in [2.75, 3.05) is 6.54 Å². The predicted molar refractivity (Wildman–Crippen MR) is 60.7 cm³/mol. The number of rotatable bonds is 8. The van der Waals surface area contributed by atoms with E-state index >= 15 is 0 Å². The van der Waals surface area contributed by atoms with Crippen molar-refractivity contribution in [2.24, 2.45) is 11.5 Å². The number of unbranched alkanes of at least 4 members (excludes halogenated alkanes) is 1. The molecule has 0 aromatic heterocycles. The van der Waals surface area contributed by atoms with Crippen LogP contribution in [0.2, 0.25) is 0 Å². The quantitative estimate of drug-likeness (QED) is 0.417. The molecule has 6 nitrogen and oxygen atoms in total. The van der Waals surface area contributed by atoms with E-state index in [-0.39, 0.29) is 0 Å². The van der Waals surface area contributed by atoms with Crippen LogP contribution < -0.4 is 16.8 Å². The van der Waals surface area contributed by atoms with Gasteiger partial charge in [-0.1, -0.05) is 6.92 Å². The number of carbonyl (C=O) groups excluding carboxylic acids is 1. The Morgan fingerprint density at radius 3 is 2.44 bits per heavy atom. The Kier molecular flexibility index (Phi) is 7.49. The molecule has 0 bridgehead atoms. The third kappa shape index (κ3) is 5.67. The maximum absolute atomic E-state index is 11.4. The molecule has 0 saturated carbocycles. The van der Waals surface area contributed by atoms with Crippen LogP contribution >= 0.6 is 0 Å². The summed E-state index contributed by atoms with van der Waals surface area (Å²) in [6.07, 6.45) is 2.30. The lowest BCUT2D eigenvalue weighted by molar-refractivity contribution is -0.142. The molecule has 0 aromatic rings. The van der Waals surface area contributed by atoms with E-state index in [9.17, 15) is 9.59 Å². The van der Waals surface area contributed by atoms with Gasteiger partial charge in [0.1, 0.15) is 6.04 Å². The van der Waals surface area contributed by atoms with Gasteiger partial charge in [-0.05, 0) is 32.2 Å². The minimum Gasteiger partial charge on any atom is -0.480 e. The van der Waals surface area contributed by atoms with Gasteiger partial charge in [0, 0.05) is 0 Å². The van der Waals surface area contributed by atoms with Crippen molar-refractivity contribution in [3.05, 3.63) is 0 Å². The first-order chi connectivity index (χ1) is 7.52. The molecule has 0 aromatic carbocycles. The van der Waals surface area contributed by atoms with Crippen LogP contribution in [-0.4, -0.2) is 35.6 Å². The molecular weight excluding hydrogens is 210 g/mol. The summed E-state index contributed by atoms with van der Waals surface area (Å²) in [5.41, 5.74) is 10.8. The zero-order chi connectivity index (χ0) is 12.6. The van der Waals surface area contributed by atoms with Crippen LogP contribution in [0.25, 0.3) is 0 Å². The van der Waals surface area contributed by atoms with Crippen LogP contribution in [0.5, 0.6) is 0 Å². The number of hydrogen-bond donors (Lipinski definition) is 4. The second kappa shape index (κ2) is 8.06. The number of amides is 1. The molecule has 0 aliphatic carbocycles. The maximum atomic E-state index is 11.4. The lowest BCUT2D eigenvalue weighted by Gasteiger charge is -2.16. The second-order valence-electron chi connectivity index (χ2n) is 3.70. The van der Waals surface area contributed by atoms with E-state index in [2.05, 4.69) is 5.32 Å². The summed E-state index contributed by atoms with van der Waals surface area (Å²) < 4.78 is 0. The van der Waals surface area contributed by atoms with E-state index in [1.807, 2.05) is 0 Å². The van der Waals surface area contributed by atoms with Crippen LogP contribution in [0.4, 0.5) is 0 Å². The number of carboxylic acids is 1. The van der Waals surface area contributed by atoms with Gasteiger partial charge in [0.05, 0.1) is 6.04 Å². The van der Waals surface area contributed by atoms with Crippen molar-refractivity contribution in [2.45, 2.75) is 44.7 Å². The third-order valence-corrected chi connectivity index (χ3v) is 2.34. The molecule has 1 amide bonds. The summed E-state index contributed by atoms with van der Waals surface area (Å²) in [6.45, 7) is 2.29. The van der Waals surface area contributed by atoms with E-state index in [0.29, 0.717) is 25.8 Å². The van der Waals surface area contributed by atoms with Crippen molar-refractivity contribution in [1.29, 1.82) is 0 Å². The molecule has 0 heterocycles. The van der Waals surface area contributed by atoms with E-state index in [0.717, 1.165) is 6.42 Å². The number of nitrogens with one attached hydrogen (secondary N) is 1. The summed E-state index contributed by atoms with van der Waals surface area (Å²) in [6, 6.07) is -1.51. The molecule has 0 fully saturated rings. The summed E-state index contributed by atoms with van der Waals surface area (Å²) in [5, 5.41) is 11.3. The van der Waals surface area contributed by atoms with Crippen LogP contribution in [-0.2, 0) is 9.59 Å². The van der Waals surface area contributed by atoms with Gasteiger partial charge in [0.25, 0.3) is 0 Å². The van der Waals surface area contributed by atoms with Gasteiger partial charge in [-0.2, -0.15) is 0 Å². The molecule has 0 radical (unpaired) electrons. The normalized spacial score (nSPS) is 14.2. The molecule has 6 N–H and O–H groups in total. The van der Waals surface area contributed by atoms with Crippen molar-refractivity contribution in [1.82, 2.24) is 5.32 Å². The molecule has 0 spiro atoms. The van der Waals surface area contributed by atoms with Crippen molar-refractivity contribution in [3.63, 3.8) is 0 Å². The van der Waals surface area contributed by atoms with E-state index in [1.165, 1.54) is 0 Å². The minimum absolute atomic E-state index is 0.384. The topological polar surface area (TPSA) is 118 Å². The maximum Gasteiger partial charge on any atom is 0.326 e. The SMILES string of the molecule is CCC(N)C(=O)NC(CCCCN)C(=O)O. The zero-order valence-corrected chi connectivity index (χ0v) is 9.61. The van der Waals surface area contributed by atoms with Crippen molar-refractivity contribution < 1.29 is 14.7 Å². The molecule has 2 unspecified atom stereocenters. The highest BCUT2D eigenvalue weighted by Gasteiger charge is 2.21. The Bertz CT molecular complexity index is 233. The third-order valence-electron chi connectivity index (χ3n) is 2.34. The number of hydrogen-bond acceptors (Lipinski definition) is 4. The molecule has 16 heavy (non-hydrogen) atoms. The molecular formula is C10H21N3O3. The first kappa shape index (κ1) is 14.9. The summed E-state index contributed by atoms with van der Waals surface area (Å²) in [5.74, 6) is -1.45. The fraction of sp³-hybridized carbons (Fsp3) is 0.800. The second-order valence-corrected chi connectivity index (χ2v) is 3.70. The lowest BCUT2D eigenvalue weighted by Crippen LogP contribution is -2.48. The Morgan fingerprint density at radius 1 is 1.38 bits per heavy atom. The van der Waals surface area contributed by atoms with Gasteiger partial charge in [0.15, 0.2) is 0 Å². The van der Waals surface area contributed by atoms with Gasteiger partial charge in [0.2, 0.25) is 5.91 Å². The van der Waals surface area contributed by atoms with E-state index in [4.69, 9.17) is 16.6 Å². The highest BCUT2D eigenvalue weighted by molar-refractivity contribution is 5.86. The van der Waals surface area contributed by atoms with Gasteiger partial charge < -0.3 is 21.9 Å². The standard InChI is InChI=1S/C10H21N3O3/c1-2-7(12)9(14)13-8(10(15)16)5-3-4-6-11/h7-8H,2-6,11-12H2,1H3,(H,13,14)(H,15,16). The van der Waals surface area contributed by atoms with Crippen LogP contribution in [0.15, 0.2) is 0 Å². The highest BCUT2D eigenvalue weighted by Crippen LogP contribution is 2.01. The summed E-state index contributed by atoms with van der Waals surface area (Å²) >= 11 is 0. The zero-order valence-electron chi connectivity index (χ0n) is 9.61. The van der Waals surface area contributed by atoms with Crippen LogP contribution in [0.3, 0.4) is 0 Å². The monoisotopic (exact) mass is 231 g/mol. The van der Waals surface area contributed by atoms with Gasteiger partial charge in [-0.3, -0.25) is 4.79 Å². The number of nitrogens with two attached hydrogens (primary N) is 2. The summed E-state index contributed by atoms with van der Waals surface area (Å²) in [7, 11) is 0. The summed E-state index contributed by atoms with van der Waals surface area (Å²) in [4.78, 5) is 22.3. The first-order valence-corrected chi connectivity index (χ1v) is 5.51. The van der Waals surface area contributed by atoms with Gasteiger partial charge in [-0.25, -0.2) is 4.79 Å². The Labute approximate surface area is 95.4 Å². The molecule has 0 saturated heterocycles. The Morgan fingerprint density at radius 2 is 2.00 bits per heavy atom. The largest absolute Gasteiger partial charge is 0.480 e. The number of carbonyl (C=O) groups is 2. The highest BCUT2D eigenvalue weighted by atomic mass is 16.4. The van der Waals surface area contributed by atoms with E-state index < -0.39 is 24.0 Å². The predicted octanol–water partition coefficient (Wildman–Crippen LogP) is -0.578. The average molecular weight is 231 g/mol. The smallest absolute Gasteiger partial charge is 0.326 e.